The highest BCUT2D eigenvalue weighted by molar-refractivity contribution is 8.00. The lowest BCUT2D eigenvalue weighted by Gasteiger charge is -2.24. The first-order chi connectivity index (χ1) is 14.7. The molecule has 6 nitrogen and oxygen atoms in total. The van der Waals surface area contributed by atoms with Crippen LogP contribution in [0.25, 0.3) is 0 Å². The van der Waals surface area contributed by atoms with E-state index in [-0.39, 0.29) is 17.7 Å². The number of amides is 1. The summed E-state index contributed by atoms with van der Waals surface area (Å²) in [7, 11) is 0. The second-order valence-corrected chi connectivity index (χ2v) is 9.25. The molecule has 1 fully saturated rings. The van der Waals surface area contributed by atoms with Crippen molar-refractivity contribution < 1.29 is 9.53 Å². The zero-order valence-corrected chi connectivity index (χ0v) is 18.0. The summed E-state index contributed by atoms with van der Waals surface area (Å²) in [5.41, 5.74) is 4.32. The van der Waals surface area contributed by atoms with Gasteiger partial charge in [0.25, 0.3) is 0 Å². The molecule has 1 aromatic heterocycles. The van der Waals surface area contributed by atoms with Gasteiger partial charge in [-0.15, -0.1) is 0 Å². The fourth-order valence-electron chi connectivity index (χ4n) is 4.85. The van der Waals surface area contributed by atoms with E-state index in [4.69, 9.17) is 4.74 Å². The number of ether oxygens (including phenoxy) is 1. The van der Waals surface area contributed by atoms with Gasteiger partial charge in [-0.25, -0.2) is 4.79 Å². The number of carbonyl (C=O) groups excluding carboxylic acids is 1. The number of rotatable bonds is 5. The Labute approximate surface area is 180 Å². The van der Waals surface area contributed by atoms with Crippen molar-refractivity contribution in [2.45, 2.75) is 62.6 Å². The number of aromatic nitrogens is 2. The van der Waals surface area contributed by atoms with Gasteiger partial charge in [0, 0.05) is 30.1 Å². The third-order valence-corrected chi connectivity index (χ3v) is 7.38. The highest BCUT2D eigenvalue weighted by Crippen LogP contribution is 2.31. The first-order valence-corrected chi connectivity index (χ1v) is 11.9. The monoisotopic (exact) mass is 425 g/mol. The third-order valence-electron chi connectivity index (χ3n) is 6.38. The van der Waals surface area contributed by atoms with Gasteiger partial charge in [0.1, 0.15) is 5.03 Å². The first kappa shape index (κ1) is 19.8. The smallest absolute Gasteiger partial charge is 0.348 e. The summed E-state index contributed by atoms with van der Waals surface area (Å²) in [5, 5.41) is 0.749. The van der Waals surface area contributed by atoms with E-state index in [0.717, 1.165) is 74.5 Å². The minimum absolute atomic E-state index is 0.0832. The molecule has 3 aliphatic rings. The lowest BCUT2D eigenvalue weighted by molar-refractivity contribution is -0.116. The van der Waals surface area contributed by atoms with Crippen LogP contribution >= 0.6 is 11.8 Å². The summed E-state index contributed by atoms with van der Waals surface area (Å²) in [6.07, 6.45) is 7.11. The fourth-order valence-corrected chi connectivity index (χ4v) is 5.81. The van der Waals surface area contributed by atoms with E-state index >= 15 is 0 Å². The average Bonchev–Trinajstić information content (AvgIpc) is 3.44. The van der Waals surface area contributed by atoms with Crippen LogP contribution in [0, 0.1) is 0 Å². The Hall–Kier alpha value is -2.12. The third kappa shape index (κ3) is 3.81. The van der Waals surface area contributed by atoms with Crippen LogP contribution in [0.15, 0.2) is 34.1 Å². The van der Waals surface area contributed by atoms with Crippen LogP contribution in [0.3, 0.4) is 0 Å². The predicted molar refractivity (Wildman–Crippen MR) is 117 cm³/mol. The van der Waals surface area contributed by atoms with E-state index in [9.17, 15) is 9.59 Å². The lowest BCUT2D eigenvalue weighted by atomic mass is 9.97. The quantitative estimate of drug-likeness (QED) is 0.544. The van der Waals surface area contributed by atoms with Crippen LogP contribution in [-0.2, 0) is 35.3 Å². The normalized spacial score (nSPS) is 20.3. The fraction of sp³-hybridized carbons (Fsp3) is 0.522. The van der Waals surface area contributed by atoms with E-state index in [1.165, 1.54) is 22.9 Å². The minimum Gasteiger partial charge on any atom is -0.376 e. The molecule has 0 saturated carbocycles. The molecule has 1 saturated heterocycles. The summed E-state index contributed by atoms with van der Waals surface area (Å²) >= 11 is 1.42. The molecule has 0 spiro atoms. The highest BCUT2D eigenvalue weighted by atomic mass is 32.2. The number of carbonyl (C=O) groups is 1. The SMILES string of the molecule is O=C(CSc1nc(=O)n(C[C@H]2CCCO2)c2c1CCCC2)N1CCc2ccccc21. The molecule has 1 aromatic carbocycles. The van der Waals surface area contributed by atoms with Crippen molar-refractivity contribution >= 4 is 23.4 Å². The molecule has 0 radical (unpaired) electrons. The maximum Gasteiger partial charge on any atom is 0.348 e. The molecule has 2 aliphatic heterocycles. The Morgan fingerprint density at radius 3 is 2.90 bits per heavy atom. The lowest BCUT2D eigenvalue weighted by Crippen LogP contribution is -2.34. The molecule has 158 valence electrons. The van der Waals surface area contributed by atoms with Crippen molar-refractivity contribution in [2.75, 3.05) is 23.8 Å². The number of hydrogen-bond donors (Lipinski definition) is 0. The number of para-hydroxylation sites is 1. The maximum absolute atomic E-state index is 12.9. The van der Waals surface area contributed by atoms with Crippen LogP contribution in [0.1, 0.15) is 42.5 Å². The zero-order chi connectivity index (χ0) is 20.5. The molecule has 30 heavy (non-hydrogen) atoms. The summed E-state index contributed by atoms with van der Waals surface area (Å²) in [4.78, 5) is 32.0. The summed E-state index contributed by atoms with van der Waals surface area (Å²) in [6, 6.07) is 8.09. The molecular weight excluding hydrogens is 398 g/mol. The molecule has 0 N–H and O–H groups in total. The Morgan fingerprint density at radius 2 is 2.03 bits per heavy atom. The Balaban J connectivity index is 1.35. The van der Waals surface area contributed by atoms with Gasteiger partial charge in [0.05, 0.1) is 18.4 Å². The van der Waals surface area contributed by atoms with Gasteiger partial charge in [0.2, 0.25) is 5.91 Å². The second kappa shape index (κ2) is 8.55. The van der Waals surface area contributed by atoms with Crippen molar-refractivity contribution in [1.29, 1.82) is 0 Å². The predicted octanol–water partition coefficient (Wildman–Crippen LogP) is 2.98. The van der Waals surface area contributed by atoms with Crippen molar-refractivity contribution in [1.82, 2.24) is 9.55 Å². The van der Waals surface area contributed by atoms with Crippen LogP contribution in [-0.4, -0.2) is 40.5 Å². The maximum atomic E-state index is 12.9. The Bertz CT molecular complexity index is 1010. The molecule has 1 aliphatic carbocycles. The van der Waals surface area contributed by atoms with E-state index in [1.54, 1.807) is 0 Å². The number of benzene rings is 1. The molecular formula is C23H27N3O3S. The Morgan fingerprint density at radius 1 is 1.17 bits per heavy atom. The molecule has 0 bridgehead atoms. The van der Waals surface area contributed by atoms with Crippen LogP contribution in [0.2, 0.25) is 0 Å². The second-order valence-electron chi connectivity index (χ2n) is 8.29. The number of thioether (sulfide) groups is 1. The van der Waals surface area contributed by atoms with Gasteiger partial charge in [-0.1, -0.05) is 30.0 Å². The van der Waals surface area contributed by atoms with Crippen molar-refractivity contribution in [3.8, 4) is 0 Å². The minimum atomic E-state index is -0.201. The zero-order valence-electron chi connectivity index (χ0n) is 17.1. The standard InChI is InChI=1S/C23H27N3O3S/c27-21(25-12-11-16-6-1-3-9-19(16)25)15-30-22-18-8-2-4-10-20(18)26(23(28)24-22)14-17-7-5-13-29-17/h1,3,6,9,17H,2,4-5,7-8,10-15H2/t17-/m1/s1. The average molecular weight is 426 g/mol. The number of hydrogen-bond acceptors (Lipinski definition) is 5. The van der Waals surface area contributed by atoms with Crippen molar-refractivity contribution in [3.63, 3.8) is 0 Å². The molecule has 1 amide bonds. The molecule has 7 heteroatoms. The van der Waals surface area contributed by atoms with Crippen molar-refractivity contribution in [2.24, 2.45) is 0 Å². The van der Waals surface area contributed by atoms with E-state index in [1.807, 2.05) is 27.7 Å². The first-order valence-electron chi connectivity index (χ1n) is 11.0. The van der Waals surface area contributed by atoms with Gasteiger partial charge in [0.15, 0.2) is 0 Å². The Kier molecular flexibility index (Phi) is 5.65. The van der Waals surface area contributed by atoms with Gasteiger partial charge < -0.3 is 9.64 Å². The topological polar surface area (TPSA) is 64.4 Å². The number of nitrogens with zero attached hydrogens (tertiary/aromatic N) is 3. The van der Waals surface area contributed by atoms with Gasteiger partial charge in [-0.3, -0.25) is 9.36 Å². The van der Waals surface area contributed by atoms with Crippen LogP contribution in [0.4, 0.5) is 5.69 Å². The summed E-state index contributed by atoms with van der Waals surface area (Å²) in [5.74, 6) is 0.392. The van der Waals surface area contributed by atoms with Crippen LogP contribution < -0.4 is 10.6 Å². The largest absolute Gasteiger partial charge is 0.376 e. The van der Waals surface area contributed by atoms with Gasteiger partial charge in [-0.05, 0) is 56.6 Å². The van der Waals surface area contributed by atoms with E-state index in [0.29, 0.717) is 12.3 Å². The van der Waals surface area contributed by atoms with Gasteiger partial charge in [-0.2, -0.15) is 4.98 Å². The number of anilines is 1. The van der Waals surface area contributed by atoms with Crippen LogP contribution in [0.5, 0.6) is 0 Å². The highest BCUT2D eigenvalue weighted by Gasteiger charge is 2.27. The molecule has 3 heterocycles. The summed E-state index contributed by atoms with van der Waals surface area (Å²) < 4.78 is 7.60. The molecule has 0 unspecified atom stereocenters. The number of fused-ring (bicyclic) bond motifs is 2. The summed E-state index contributed by atoms with van der Waals surface area (Å²) in [6.45, 7) is 2.11. The molecule has 1 atom stereocenters. The van der Waals surface area contributed by atoms with Gasteiger partial charge >= 0.3 is 5.69 Å². The van der Waals surface area contributed by atoms with Crippen molar-refractivity contribution in [3.05, 3.63) is 51.6 Å². The van der Waals surface area contributed by atoms with E-state index < -0.39 is 0 Å². The molecule has 5 rings (SSSR count). The van der Waals surface area contributed by atoms with E-state index in [2.05, 4.69) is 11.1 Å². The molecule has 2 aromatic rings.